The fourth-order valence-corrected chi connectivity index (χ4v) is 6.18. The summed E-state index contributed by atoms with van der Waals surface area (Å²) in [6.45, 7) is 6.30. The number of aryl methyl sites for hydroxylation is 1. The predicted molar refractivity (Wildman–Crippen MR) is 142 cm³/mol. The highest BCUT2D eigenvalue weighted by Crippen LogP contribution is 2.44. The van der Waals surface area contributed by atoms with Crippen molar-refractivity contribution in [2.45, 2.75) is 82.5 Å². The number of amides is 1. The third-order valence-electron chi connectivity index (χ3n) is 8.49. The number of hydrazine groups is 1. The number of aromatic amines is 1. The fourth-order valence-electron chi connectivity index (χ4n) is 6.18. The lowest BCUT2D eigenvalue weighted by atomic mass is 9.73. The highest BCUT2D eigenvalue weighted by Gasteiger charge is 2.42. The number of nitrogens with zero attached hydrogens (tertiary/aromatic N) is 2. The molecule has 0 spiro atoms. The lowest BCUT2D eigenvalue weighted by molar-refractivity contribution is -0.137. The third kappa shape index (κ3) is 5.18. The van der Waals surface area contributed by atoms with E-state index in [0.29, 0.717) is 43.1 Å². The Balaban J connectivity index is 1.22. The molecule has 1 saturated heterocycles. The molecule has 37 heavy (non-hydrogen) atoms. The summed E-state index contributed by atoms with van der Waals surface area (Å²) in [6, 6.07) is 5.37. The molecule has 5 atom stereocenters. The maximum atomic E-state index is 12.6. The zero-order chi connectivity index (χ0) is 26.3. The number of aliphatic hydroxyl groups is 1. The van der Waals surface area contributed by atoms with E-state index in [1.54, 1.807) is 18.7 Å². The minimum absolute atomic E-state index is 0.122. The summed E-state index contributed by atoms with van der Waals surface area (Å²) in [5, 5.41) is 20.0. The molecule has 7 N–H and O–H groups in total. The molecule has 5 rings (SSSR count). The average Bonchev–Trinajstić information content (AvgIpc) is 3.54. The summed E-state index contributed by atoms with van der Waals surface area (Å²) >= 11 is 0. The van der Waals surface area contributed by atoms with Crippen LogP contribution in [0, 0.1) is 5.92 Å². The van der Waals surface area contributed by atoms with Crippen molar-refractivity contribution in [1.29, 1.82) is 0 Å². The molecule has 2 fully saturated rings. The molecule has 1 saturated carbocycles. The first-order chi connectivity index (χ1) is 17.7. The van der Waals surface area contributed by atoms with Gasteiger partial charge in [-0.05, 0) is 86.6 Å². The van der Waals surface area contributed by atoms with Crippen LogP contribution in [0.4, 0.5) is 0 Å². The molecule has 0 bridgehead atoms. The minimum Gasteiger partial charge on any atom is -0.508 e. The molecule has 3 aliphatic rings. The molecule has 9 heteroatoms. The van der Waals surface area contributed by atoms with Gasteiger partial charge in [0.1, 0.15) is 17.6 Å². The van der Waals surface area contributed by atoms with E-state index in [1.807, 2.05) is 24.4 Å². The van der Waals surface area contributed by atoms with E-state index in [-0.39, 0.29) is 11.9 Å². The first-order valence-electron chi connectivity index (χ1n) is 13.5. The van der Waals surface area contributed by atoms with Gasteiger partial charge in [0, 0.05) is 19.1 Å². The summed E-state index contributed by atoms with van der Waals surface area (Å²) < 4.78 is 0. The SMILES string of the molecule is CCc1cc(O)ccc1C1CCC2C(C1)NNC2c1ncc(C2=CCN(C(=O)[C@@H](N)C(C)(C)O)CC2)[nH]1. The number of hydrogen-bond acceptors (Lipinski definition) is 7. The zero-order valence-electron chi connectivity index (χ0n) is 22.0. The summed E-state index contributed by atoms with van der Waals surface area (Å²) in [6.07, 6.45) is 8.85. The number of nitrogens with two attached hydrogens (primary N) is 1. The van der Waals surface area contributed by atoms with Gasteiger partial charge in [-0.2, -0.15) is 0 Å². The number of aromatic nitrogens is 2. The first kappa shape index (κ1) is 25.9. The lowest BCUT2D eigenvalue weighted by Crippen LogP contribution is -2.55. The quantitative estimate of drug-likeness (QED) is 0.352. The Morgan fingerprint density at radius 1 is 1.30 bits per heavy atom. The molecule has 9 nitrogen and oxygen atoms in total. The molecule has 0 radical (unpaired) electrons. The third-order valence-corrected chi connectivity index (χ3v) is 8.49. The van der Waals surface area contributed by atoms with E-state index in [4.69, 9.17) is 10.7 Å². The standard InChI is InChI=1S/C28H40N6O3/c1-4-16-13-19(35)6-8-20(16)18-5-7-21-22(14-18)32-33-24(21)26-30-15-23(31-26)17-9-11-34(12-10-17)27(36)25(29)28(2,3)37/h6,8-9,13,15,18,21-22,24-25,32-33,35,37H,4-5,7,10-12,14,29H2,1-3H3,(H,30,31)/t18?,21?,22?,24?,25-/m1/s1. The molecule has 3 heterocycles. The van der Waals surface area contributed by atoms with E-state index in [2.05, 4.69) is 28.8 Å². The van der Waals surface area contributed by atoms with Crippen LogP contribution in [0.2, 0.25) is 0 Å². The van der Waals surface area contributed by atoms with Crippen LogP contribution in [0.1, 0.15) is 81.1 Å². The van der Waals surface area contributed by atoms with Crippen LogP contribution in [0.15, 0.2) is 30.5 Å². The Morgan fingerprint density at radius 3 is 2.81 bits per heavy atom. The maximum Gasteiger partial charge on any atom is 0.242 e. The van der Waals surface area contributed by atoms with E-state index in [1.165, 1.54) is 11.1 Å². The van der Waals surface area contributed by atoms with Gasteiger partial charge < -0.3 is 25.8 Å². The number of nitrogens with one attached hydrogen (secondary N) is 3. The molecule has 2 aromatic rings. The van der Waals surface area contributed by atoms with Crippen molar-refractivity contribution in [1.82, 2.24) is 25.7 Å². The van der Waals surface area contributed by atoms with Gasteiger partial charge in [0.2, 0.25) is 5.91 Å². The van der Waals surface area contributed by atoms with Gasteiger partial charge in [0.15, 0.2) is 0 Å². The largest absolute Gasteiger partial charge is 0.508 e. The zero-order valence-corrected chi connectivity index (χ0v) is 22.0. The van der Waals surface area contributed by atoms with Crippen molar-refractivity contribution < 1.29 is 15.0 Å². The van der Waals surface area contributed by atoms with Gasteiger partial charge in [0.25, 0.3) is 0 Å². The molecule has 1 amide bonds. The number of carbonyl (C=O) groups excluding carboxylic acids is 1. The molecular formula is C28H40N6O3. The van der Waals surface area contributed by atoms with Crippen molar-refractivity contribution in [2.75, 3.05) is 13.1 Å². The van der Waals surface area contributed by atoms with Crippen LogP contribution < -0.4 is 16.6 Å². The Hall–Kier alpha value is -2.72. The number of phenolic OH excluding ortho intramolecular Hbond substituents is 1. The maximum absolute atomic E-state index is 12.6. The Labute approximate surface area is 218 Å². The minimum atomic E-state index is -1.25. The van der Waals surface area contributed by atoms with Crippen molar-refractivity contribution >= 4 is 11.5 Å². The molecular weight excluding hydrogens is 468 g/mol. The number of carbonyl (C=O) groups is 1. The summed E-state index contributed by atoms with van der Waals surface area (Å²) in [5.41, 5.74) is 16.5. The number of imidazole rings is 1. The van der Waals surface area contributed by atoms with Gasteiger partial charge in [0.05, 0.1) is 23.5 Å². The van der Waals surface area contributed by atoms with Gasteiger partial charge >= 0.3 is 0 Å². The van der Waals surface area contributed by atoms with Gasteiger partial charge in [-0.15, -0.1) is 0 Å². The molecule has 1 aliphatic carbocycles. The number of H-pyrrole nitrogens is 1. The predicted octanol–water partition coefficient (Wildman–Crippen LogP) is 2.49. The van der Waals surface area contributed by atoms with E-state index < -0.39 is 11.6 Å². The van der Waals surface area contributed by atoms with Gasteiger partial charge in [-0.25, -0.2) is 10.4 Å². The van der Waals surface area contributed by atoms with Crippen LogP contribution in [-0.4, -0.2) is 61.8 Å². The second-order valence-electron chi connectivity index (χ2n) is 11.4. The lowest BCUT2D eigenvalue weighted by Gasteiger charge is -2.33. The van der Waals surface area contributed by atoms with Crippen LogP contribution in [0.5, 0.6) is 5.75 Å². The molecule has 2 aliphatic heterocycles. The van der Waals surface area contributed by atoms with Crippen LogP contribution in [0.25, 0.3) is 5.57 Å². The van der Waals surface area contributed by atoms with Gasteiger partial charge in [-0.3, -0.25) is 10.2 Å². The number of rotatable bonds is 6. The Bertz CT molecular complexity index is 1170. The number of phenols is 1. The van der Waals surface area contributed by atoms with Crippen LogP contribution >= 0.6 is 0 Å². The van der Waals surface area contributed by atoms with Crippen molar-refractivity contribution in [3.8, 4) is 5.75 Å². The van der Waals surface area contributed by atoms with Crippen molar-refractivity contribution in [3.05, 3.63) is 53.1 Å². The monoisotopic (exact) mass is 508 g/mol. The highest BCUT2D eigenvalue weighted by molar-refractivity contribution is 5.84. The Morgan fingerprint density at radius 2 is 2.11 bits per heavy atom. The van der Waals surface area contributed by atoms with Crippen LogP contribution in [0.3, 0.4) is 0 Å². The normalized spacial score (nSPS) is 27.1. The molecule has 200 valence electrons. The second kappa shape index (κ2) is 10.2. The summed E-state index contributed by atoms with van der Waals surface area (Å²) in [4.78, 5) is 22.6. The molecule has 4 unspecified atom stereocenters. The second-order valence-corrected chi connectivity index (χ2v) is 11.4. The van der Waals surface area contributed by atoms with E-state index in [9.17, 15) is 15.0 Å². The van der Waals surface area contributed by atoms with Gasteiger partial charge in [-0.1, -0.05) is 19.1 Å². The Kier molecular flexibility index (Phi) is 7.15. The van der Waals surface area contributed by atoms with Crippen molar-refractivity contribution in [2.24, 2.45) is 11.7 Å². The van der Waals surface area contributed by atoms with E-state index >= 15 is 0 Å². The van der Waals surface area contributed by atoms with E-state index in [0.717, 1.165) is 42.8 Å². The highest BCUT2D eigenvalue weighted by atomic mass is 16.3. The smallest absolute Gasteiger partial charge is 0.242 e. The molecule has 1 aromatic heterocycles. The number of aromatic hydroxyl groups is 1. The summed E-state index contributed by atoms with van der Waals surface area (Å²) in [7, 11) is 0. The average molecular weight is 509 g/mol. The number of hydrogen-bond donors (Lipinski definition) is 6. The fraction of sp³-hybridized carbons (Fsp3) is 0.571. The number of fused-ring (bicyclic) bond motifs is 1. The number of benzene rings is 1. The first-order valence-corrected chi connectivity index (χ1v) is 13.5. The summed E-state index contributed by atoms with van der Waals surface area (Å²) in [5.74, 6) is 1.99. The van der Waals surface area contributed by atoms with Crippen LogP contribution in [-0.2, 0) is 11.2 Å². The molecule has 1 aromatic carbocycles. The van der Waals surface area contributed by atoms with Crippen molar-refractivity contribution in [3.63, 3.8) is 0 Å². The topological polar surface area (TPSA) is 140 Å².